The molecule has 0 aliphatic carbocycles. The van der Waals surface area contributed by atoms with E-state index in [4.69, 9.17) is 14.3 Å². The van der Waals surface area contributed by atoms with Gasteiger partial charge >= 0.3 is 12.1 Å². The van der Waals surface area contributed by atoms with E-state index in [0.717, 1.165) is 36.5 Å². The van der Waals surface area contributed by atoms with E-state index >= 15 is 0 Å². The quantitative estimate of drug-likeness (QED) is 0.468. The number of likely N-dealkylation sites (N-methyl/N-ethyl adjacent to an activating group) is 1. The molecule has 0 spiro atoms. The molecule has 0 bridgehead atoms. The number of carboxylic acid groups (broad SMARTS) is 1. The summed E-state index contributed by atoms with van der Waals surface area (Å²) in [5, 5.41) is 10.3. The average molecular weight is 547 g/mol. The first-order chi connectivity index (χ1) is 17.3. The van der Waals surface area contributed by atoms with E-state index in [9.17, 15) is 26.4 Å². The van der Waals surface area contributed by atoms with Crippen molar-refractivity contribution in [3.8, 4) is 0 Å². The number of halogens is 3. The van der Waals surface area contributed by atoms with Crippen LogP contribution in [0.3, 0.4) is 0 Å². The largest absolute Gasteiger partial charge is 0.490 e. The Hall–Kier alpha value is -3.39. The first-order valence-electron chi connectivity index (χ1n) is 11.2. The molecular weight excluding hydrogens is 517 g/mol. The molecule has 1 aromatic carbocycles. The molecule has 0 atom stereocenters. The lowest BCUT2D eigenvalue weighted by Gasteiger charge is -2.19. The number of sulfonamides is 1. The lowest BCUT2D eigenvalue weighted by molar-refractivity contribution is -0.192. The summed E-state index contributed by atoms with van der Waals surface area (Å²) < 4.78 is 62.5. The third-order valence-electron chi connectivity index (χ3n) is 5.33. The van der Waals surface area contributed by atoms with Crippen molar-refractivity contribution in [3.05, 3.63) is 53.8 Å². The van der Waals surface area contributed by atoms with Crippen LogP contribution in [0.5, 0.6) is 0 Å². The Morgan fingerprint density at radius 1 is 1.14 bits per heavy atom. The summed E-state index contributed by atoms with van der Waals surface area (Å²) in [7, 11) is -0.378. The lowest BCUT2D eigenvalue weighted by atomic mass is 10.1. The van der Waals surface area contributed by atoms with Crippen LogP contribution < -0.4 is 5.32 Å². The van der Waals surface area contributed by atoms with E-state index in [2.05, 4.69) is 22.4 Å². The summed E-state index contributed by atoms with van der Waals surface area (Å²) in [6, 6.07) is 11.2. The van der Waals surface area contributed by atoms with Gasteiger partial charge in [-0.25, -0.2) is 13.2 Å². The first kappa shape index (κ1) is 29.8. The Balaban J connectivity index is 0.000000604. The van der Waals surface area contributed by atoms with Crippen LogP contribution in [0.4, 0.5) is 13.2 Å². The highest BCUT2D eigenvalue weighted by atomic mass is 32.2. The van der Waals surface area contributed by atoms with Crippen molar-refractivity contribution >= 4 is 27.7 Å². The maximum Gasteiger partial charge on any atom is 0.490 e. The number of aliphatic imine (C=N–C) groups is 1. The van der Waals surface area contributed by atoms with Crippen molar-refractivity contribution in [2.45, 2.75) is 30.5 Å². The van der Waals surface area contributed by atoms with Crippen molar-refractivity contribution in [1.82, 2.24) is 14.5 Å². The Labute approximate surface area is 212 Å². The summed E-state index contributed by atoms with van der Waals surface area (Å²) >= 11 is 0. The third kappa shape index (κ3) is 9.21. The molecule has 2 aromatic rings. The molecule has 0 saturated heterocycles. The molecule has 0 fully saturated rings. The Morgan fingerprint density at radius 2 is 1.78 bits per heavy atom. The number of aliphatic carboxylic acids is 1. The van der Waals surface area contributed by atoms with Crippen LogP contribution in [-0.4, -0.2) is 86.9 Å². The maximum absolute atomic E-state index is 12.4. The Kier molecular flexibility index (Phi) is 10.7. The average Bonchev–Trinajstić information content (AvgIpc) is 3.57. The van der Waals surface area contributed by atoms with Gasteiger partial charge < -0.3 is 19.7 Å². The highest BCUT2D eigenvalue weighted by molar-refractivity contribution is 7.89. The summed E-state index contributed by atoms with van der Waals surface area (Å²) in [6.45, 7) is 2.56. The van der Waals surface area contributed by atoms with E-state index in [1.807, 2.05) is 12.1 Å². The number of carbonyl (C=O) groups excluding carboxylic acids is 1. The fourth-order valence-corrected chi connectivity index (χ4v) is 4.27. The second-order valence-electron chi connectivity index (χ2n) is 8.08. The number of furan rings is 1. The number of benzene rings is 1. The van der Waals surface area contributed by atoms with Gasteiger partial charge in [-0.05, 0) is 30.5 Å². The fraction of sp³-hybridized carbons (Fsp3) is 0.435. The molecule has 0 unspecified atom stereocenters. The van der Waals surface area contributed by atoms with Crippen molar-refractivity contribution in [1.29, 1.82) is 0 Å². The standard InChI is InChI=1S/C21H28N4O4S.C2HF3O2/c1-24(15-11-17-7-9-18(10-8-17)21-22-12-13-23-21)19(26)5-3-14-25(2)30(27,28)20-6-4-16-29-20;3-2(4,5)1(6)7/h4,6-10,16H,3,5,11-15H2,1-2H3,(H,22,23);(H,6,7). The topological polar surface area (TPSA) is 133 Å². The molecule has 10 nitrogen and oxygen atoms in total. The molecule has 37 heavy (non-hydrogen) atoms. The molecular formula is C23H29F3N4O6S. The van der Waals surface area contributed by atoms with Gasteiger partial charge in [0, 0.05) is 45.7 Å². The predicted molar refractivity (Wildman–Crippen MR) is 129 cm³/mol. The molecule has 1 amide bonds. The summed E-state index contributed by atoms with van der Waals surface area (Å²) in [5.41, 5.74) is 2.23. The van der Waals surface area contributed by atoms with Gasteiger partial charge in [0.1, 0.15) is 5.84 Å². The molecule has 204 valence electrons. The molecule has 3 rings (SSSR count). The maximum atomic E-state index is 12.4. The highest BCUT2D eigenvalue weighted by Crippen LogP contribution is 2.15. The minimum Gasteiger partial charge on any atom is -0.475 e. The monoisotopic (exact) mass is 546 g/mol. The number of alkyl halides is 3. The number of hydrogen-bond donors (Lipinski definition) is 2. The second kappa shape index (κ2) is 13.2. The molecule has 1 aromatic heterocycles. The number of amides is 1. The van der Waals surface area contributed by atoms with Gasteiger partial charge in [0.2, 0.25) is 11.0 Å². The van der Waals surface area contributed by atoms with Gasteiger partial charge in [0.05, 0.1) is 12.8 Å². The predicted octanol–water partition coefficient (Wildman–Crippen LogP) is 2.36. The number of amidine groups is 1. The van der Waals surface area contributed by atoms with Crippen molar-refractivity contribution in [2.24, 2.45) is 4.99 Å². The molecule has 2 heterocycles. The Bertz CT molecular complexity index is 1170. The first-order valence-corrected chi connectivity index (χ1v) is 12.7. The van der Waals surface area contributed by atoms with Gasteiger partial charge in [-0.1, -0.05) is 24.3 Å². The van der Waals surface area contributed by atoms with Gasteiger partial charge in [0.15, 0.2) is 0 Å². The number of rotatable bonds is 10. The van der Waals surface area contributed by atoms with Crippen molar-refractivity contribution in [3.63, 3.8) is 0 Å². The minimum absolute atomic E-state index is 0.0000668. The van der Waals surface area contributed by atoms with Gasteiger partial charge in [0.25, 0.3) is 10.0 Å². The molecule has 1 aliphatic rings. The van der Waals surface area contributed by atoms with Crippen LogP contribution in [0, 0.1) is 0 Å². The molecule has 14 heteroatoms. The number of nitrogens with one attached hydrogen (secondary N) is 1. The van der Waals surface area contributed by atoms with E-state index < -0.39 is 22.2 Å². The number of nitrogens with zero attached hydrogens (tertiary/aromatic N) is 3. The molecule has 0 saturated carbocycles. The van der Waals surface area contributed by atoms with Crippen molar-refractivity contribution < 1.29 is 40.7 Å². The lowest BCUT2D eigenvalue weighted by Crippen LogP contribution is -2.31. The van der Waals surface area contributed by atoms with Crippen LogP contribution in [0.1, 0.15) is 24.0 Å². The van der Waals surface area contributed by atoms with E-state index in [1.54, 1.807) is 11.9 Å². The van der Waals surface area contributed by atoms with Crippen LogP contribution in [0.2, 0.25) is 0 Å². The normalized spacial score (nSPS) is 13.4. The summed E-state index contributed by atoms with van der Waals surface area (Å²) in [4.78, 5) is 27.4. The second-order valence-corrected chi connectivity index (χ2v) is 10.1. The third-order valence-corrected chi connectivity index (χ3v) is 7.07. The van der Waals surface area contributed by atoms with Crippen molar-refractivity contribution in [2.75, 3.05) is 40.3 Å². The van der Waals surface area contributed by atoms with Crippen LogP contribution in [-0.2, 0) is 26.0 Å². The molecule has 0 radical (unpaired) electrons. The highest BCUT2D eigenvalue weighted by Gasteiger charge is 2.38. The fourth-order valence-electron chi connectivity index (χ4n) is 3.17. The molecule has 2 N–H and O–H groups in total. The minimum atomic E-state index is -5.08. The number of carboxylic acids is 1. The van der Waals surface area contributed by atoms with Crippen LogP contribution >= 0.6 is 0 Å². The van der Waals surface area contributed by atoms with Crippen LogP contribution in [0.25, 0.3) is 0 Å². The van der Waals surface area contributed by atoms with E-state index in [-0.39, 0.29) is 17.5 Å². The number of hydrogen-bond acceptors (Lipinski definition) is 7. The summed E-state index contributed by atoms with van der Waals surface area (Å²) in [5.74, 6) is -1.82. The zero-order chi connectivity index (χ0) is 27.6. The van der Waals surface area contributed by atoms with Crippen LogP contribution in [0.15, 0.2) is 57.2 Å². The SMILES string of the molecule is CN(CCc1ccc(C2=NCCN2)cc1)C(=O)CCCN(C)S(=O)(=O)c1ccco1.O=C(O)C(F)(F)F. The number of carbonyl (C=O) groups is 2. The smallest absolute Gasteiger partial charge is 0.475 e. The zero-order valence-electron chi connectivity index (χ0n) is 20.4. The summed E-state index contributed by atoms with van der Waals surface area (Å²) in [6.07, 6.45) is -2.26. The van der Waals surface area contributed by atoms with E-state index in [1.165, 1.54) is 29.7 Å². The van der Waals surface area contributed by atoms with Gasteiger partial charge in [-0.15, -0.1) is 0 Å². The van der Waals surface area contributed by atoms with Gasteiger partial charge in [-0.2, -0.15) is 17.5 Å². The van der Waals surface area contributed by atoms with E-state index in [0.29, 0.717) is 19.4 Å². The van der Waals surface area contributed by atoms with Gasteiger partial charge in [-0.3, -0.25) is 9.79 Å². The molecule has 1 aliphatic heterocycles. The zero-order valence-corrected chi connectivity index (χ0v) is 21.2. The Morgan fingerprint density at radius 3 is 2.30 bits per heavy atom.